The molecule has 1 aromatic carbocycles. The average molecular weight is 195 g/mol. The molecule has 0 aromatic heterocycles. The Morgan fingerprint density at radius 3 is 2.64 bits per heavy atom. The number of benzene rings is 1. The summed E-state index contributed by atoms with van der Waals surface area (Å²) in [5, 5.41) is 0. The molecule has 0 atom stereocenters. The van der Waals surface area contributed by atoms with Crippen LogP contribution in [0.5, 0.6) is 0 Å². The molecule has 0 aliphatic carbocycles. The minimum atomic E-state index is -0.402. The van der Waals surface area contributed by atoms with Crippen molar-refractivity contribution in [1.29, 1.82) is 0 Å². The van der Waals surface area contributed by atoms with E-state index in [1.807, 2.05) is 6.07 Å². The first kappa shape index (κ1) is 9.62. The van der Waals surface area contributed by atoms with Gasteiger partial charge in [0.05, 0.1) is 0 Å². The lowest BCUT2D eigenvalue weighted by atomic mass is 9.84. The summed E-state index contributed by atoms with van der Waals surface area (Å²) >= 11 is 0. The summed E-state index contributed by atoms with van der Waals surface area (Å²) in [6.45, 7) is 1.32. The first-order chi connectivity index (χ1) is 6.71. The fourth-order valence-corrected chi connectivity index (χ4v) is 1.82. The lowest BCUT2D eigenvalue weighted by Gasteiger charge is -2.33. The summed E-state index contributed by atoms with van der Waals surface area (Å²) in [5.74, 6) is -0.223. The second-order valence-electron chi connectivity index (χ2n) is 3.78. The maximum atomic E-state index is 13.0. The Hall–Kier alpha value is -0.930. The van der Waals surface area contributed by atoms with Crippen LogP contribution in [0.4, 0.5) is 4.39 Å². The van der Waals surface area contributed by atoms with Gasteiger partial charge in [-0.05, 0) is 30.5 Å². The summed E-state index contributed by atoms with van der Waals surface area (Å²) in [6.07, 6.45) is 1.52. The fraction of sp³-hybridized carbons (Fsp3) is 0.455. The van der Waals surface area contributed by atoms with Crippen LogP contribution in [0.3, 0.4) is 0 Å². The first-order valence-electron chi connectivity index (χ1n) is 4.83. The van der Waals surface area contributed by atoms with E-state index in [9.17, 15) is 4.39 Å². The van der Waals surface area contributed by atoms with E-state index < -0.39 is 5.54 Å². The van der Waals surface area contributed by atoms with Gasteiger partial charge in [-0.3, -0.25) is 0 Å². The molecule has 2 N–H and O–H groups in total. The molecule has 3 heteroatoms. The van der Waals surface area contributed by atoms with Crippen molar-refractivity contribution in [2.45, 2.75) is 18.4 Å². The zero-order valence-electron chi connectivity index (χ0n) is 8.00. The molecule has 1 aliphatic rings. The van der Waals surface area contributed by atoms with Crippen LogP contribution in [0.15, 0.2) is 24.3 Å². The van der Waals surface area contributed by atoms with Gasteiger partial charge in [-0.1, -0.05) is 12.1 Å². The summed E-state index contributed by atoms with van der Waals surface area (Å²) in [5.41, 5.74) is 6.68. The van der Waals surface area contributed by atoms with Gasteiger partial charge in [0.25, 0.3) is 0 Å². The topological polar surface area (TPSA) is 35.2 Å². The smallest absolute Gasteiger partial charge is 0.123 e. The highest BCUT2D eigenvalue weighted by Crippen LogP contribution is 2.29. The highest BCUT2D eigenvalue weighted by Gasteiger charge is 2.29. The molecule has 1 aromatic rings. The number of ether oxygens (including phenoxy) is 1. The van der Waals surface area contributed by atoms with E-state index in [2.05, 4.69) is 0 Å². The summed E-state index contributed by atoms with van der Waals surface area (Å²) < 4.78 is 18.2. The van der Waals surface area contributed by atoms with Crippen LogP contribution in [-0.2, 0) is 10.3 Å². The van der Waals surface area contributed by atoms with Crippen molar-refractivity contribution in [2.75, 3.05) is 13.2 Å². The third-order valence-electron chi connectivity index (χ3n) is 2.78. The number of rotatable bonds is 1. The van der Waals surface area contributed by atoms with Gasteiger partial charge in [0.1, 0.15) is 5.82 Å². The van der Waals surface area contributed by atoms with Crippen LogP contribution >= 0.6 is 0 Å². The third kappa shape index (κ3) is 1.79. The van der Waals surface area contributed by atoms with Crippen molar-refractivity contribution < 1.29 is 9.13 Å². The Morgan fingerprint density at radius 2 is 2.00 bits per heavy atom. The van der Waals surface area contributed by atoms with E-state index in [-0.39, 0.29) is 5.82 Å². The van der Waals surface area contributed by atoms with Crippen molar-refractivity contribution >= 4 is 0 Å². The second-order valence-corrected chi connectivity index (χ2v) is 3.78. The molecule has 1 fully saturated rings. The van der Waals surface area contributed by atoms with E-state index in [1.165, 1.54) is 12.1 Å². The first-order valence-corrected chi connectivity index (χ1v) is 4.83. The molecule has 0 unspecified atom stereocenters. The number of hydrogen-bond donors (Lipinski definition) is 1. The molecule has 1 heterocycles. The average Bonchev–Trinajstić information content (AvgIpc) is 2.19. The Kier molecular flexibility index (Phi) is 2.52. The van der Waals surface area contributed by atoms with Crippen LogP contribution in [0, 0.1) is 5.82 Å². The normalized spacial score (nSPS) is 20.7. The SMILES string of the molecule is NC1(c2cccc(F)c2)CCOCC1. The minimum absolute atomic E-state index is 0.223. The Bertz CT molecular complexity index is 321. The second kappa shape index (κ2) is 3.67. The van der Waals surface area contributed by atoms with E-state index in [0.29, 0.717) is 13.2 Å². The molecule has 0 amide bonds. The third-order valence-corrected chi connectivity index (χ3v) is 2.78. The van der Waals surface area contributed by atoms with Crippen LogP contribution in [0.25, 0.3) is 0 Å². The molecule has 1 aliphatic heterocycles. The van der Waals surface area contributed by atoms with Crippen molar-refractivity contribution in [3.8, 4) is 0 Å². The van der Waals surface area contributed by atoms with Crippen molar-refractivity contribution in [1.82, 2.24) is 0 Å². The van der Waals surface area contributed by atoms with Crippen LogP contribution in [0.2, 0.25) is 0 Å². The number of hydrogen-bond acceptors (Lipinski definition) is 2. The molecular weight excluding hydrogens is 181 g/mol. The highest BCUT2D eigenvalue weighted by molar-refractivity contribution is 5.25. The van der Waals surface area contributed by atoms with Gasteiger partial charge < -0.3 is 10.5 Å². The van der Waals surface area contributed by atoms with Crippen molar-refractivity contribution in [3.05, 3.63) is 35.6 Å². The van der Waals surface area contributed by atoms with Crippen molar-refractivity contribution in [3.63, 3.8) is 0 Å². The zero-order valence-corrected chi connectivity index (χ0v) is 8.00. The minimum Gasteiger partial charge on any atom is -0.381 e. The van der Waals surface area contributed by atoms with Gasteiger partial charge in [-0.15, -0.1) is 0 Å². The molecule has 76 valence electrons. The van der Waals surface area contributed by atoms with E-state index in [1.54, 1.807) is 6.07 Å². The molecule has 2 nitrogen and oxygen atoms in total. The Labute approximate surface area is 82.9 Å². The maximum Gasteiger partial charge on any atom is 0.123 e. The standard InChI is InChI=1S/C11H14FNO/c12-10-3-1-2-9(8-10)11(13)4-6-14-7-5-11/h1-3,8H,4-7,13H2. The quantitative estimate of drug-likeness (QED) is 0.741. The van der Waals surface area contributed by atoms with Crippen LogP contribution in [0.1, 0.15) is 18.4 Å². The molecule has 2 rings (SSSR count). The van der Waals surface area contributed by atoms with Crippen molar-refractivity contribution in [2.24, 2.45) is 5.73 Å². The molecule has 1 saturated heterocycles. The summed E-state index contributed by atoms with van der Waals surface area (Å²) in [7, 11) is 0. The molecular formula is C11H14FNO. The van der Waals surface area contributed by atoms with Gasteiger partial charge in [0.15, 0.2) is 0 Å². The van der Waals surface area contributed by atoms with E-state index >= 15 is 0 Å². The molecule has 14 heavy (non-hydrogen) atoms. The lowest BCUT2D eigenvalue weighted by molar-refractivity contribution is 0.0521. The molecule has 0 radical (unpaired) electrons. The van der Waals surface area contributed by atoms with E-state index in [0.717, 1.165) is 18.4 Å². The Morgan fingerprint density at radius 1 is 1.29 bits per heavy atom. The molecule has 0 spiro atoms. The number of nitrogens with two attached hydrogens (primary N) is 1. The fourth-order valence-electron chi connectivity index (χ4n) is 1.82. The monoisotopic (exact) mass is 195 g/mol. The highest BCUT2D eigenvalue weighted by atomic mass is 19.1. The lowest BCUT2D eigenvalue weighted by Crippen LogP contribution is -2.42. The molecule has 0 saturated carbocycles. The van der Waals surface area contributed by atoms with Crippen LogP contribution < -0.4 is 5.73 Å². The van der Waals surface area contributed by atoms with E-state index in [4.69, 9.17) is 10.5 Å². The predicted molar refractivity (Wildman–Crippen MR) is 52.3 cm³/mol. The largest absolute Gasteiger partial charge is 0.381 e. The van der Waals surface area contributed by atoms with Crippen LogP contribution in [-0.4, -0.2) is 13.2 Å². The van der Waals surface area contributed by atoms with Gasteiger partial charge in [0.2, 0.25) is 0 Å². The summed E-state index contributed by atoms with van der Waals surface area (Å²) in [6, 6.07) is 6.54. The predicted octanol–water partition coefficient (Wildman–Crippen LogP) is 1.79. The summed E-state index contributed by atoms with van der Waals surface area (Å²) in [4.78, 5) is 0. The van der Waals surface area contributed by atoms with Gasteiger partial charge in [-0.25, -0.2) is 4.39 Å². The zero-order chi connectivity index (χ0) is 10.0. The van der Waals surface area contributed by atoms with Gasteiger partial charge >= 0.3 is 0 Å². The van der Waals surface area contributed by atoms with Gasteiger partial charge in [-0.2, -0.15) is 0 Å². The maximum absolute atomic E-state index is 13.0. The van der Waals surface area contributed by atoms with Gasteiger partial charge in [0, 0.05) is 18.8 Å². The number of halogens is 1. The molecule has 0 bridgehead atoms. The Balaban J connectivity index is 2.28.